The number of nitrogens with two attached hydrogens (primary N) is 1. The van der Waals surface area contributed by atoms with Crippen LogP contribution in [0.5, 0.6) is 11.5 Å². The lowest BCUT2D eigenvalue weighted by atomic mass is 9.99. The molecule has 0 spiro atoms. The summed E-state index contributed by atoms with van der Waals surface area (Å²) >= 11 is 0. The standard InChI is InChI=1S/C15H17NO3/c1-18-12-8-4-3-6-10(12)15(17)11-7-5-9-13(19-2)14(11)16/h3-9,15,17H,16H2,1-2H3. The molecular weight excluding hydrogens is 242 g/mol. The van der Waals surface area contributed by atoms with Crippen LogP contribution in [0.3, 0.4) is 0 Å². The normalized spacial score (nSPS) is 11.9. The highest BCUT2D eigenvalue weighted by Gasteiger charge is 2.18. The summed E-state index contributed by atoms with van der Waals surface area (Å²) in [6.45, 7) is 0. The molecule has 4 heteroatoms. The SMILES string of the molecule is COc1ccccc1C(O)c1cccc(OC)c1N. The van der Waals surface area contributed by atoms with Gasteiger partial charge < -0.3 is 20.3 Å². The lowest BCUT2D eigenvalue weighted by molar-refractivity contribution is 0.215. The van der Waals surface area contributed by atoms with Gasteiger partial charge in [0, 0.05) is 11.1 Å². The molecule has 0 aliphatic rings. The molecule has 0 saturated heterocycles. The third-order valence-corrected chi connectivity index (χ3v) is 3.05. The van der Waals surface area contributed by atoms with E-state index in [1.54, 1.807) is 38.5 Å². The molecule has 0 saturated carbocycles. The van der Waals surface area contributed by atoms with Gasteiger partial charge in [0.2, 0.25) is 0 Å². The van der Waals surface area contributed by atoms with E-state index in [1.807, 2.05) is 18.2 Å². The third kappa shape index (κ3) is 2.48. The molecule has 1 atom stereocenters. The van der Waals surface area contributed by atoms with Crippen molar-refractivity contribution in [3.63, 3.8) is 0 Å². The molecule has 2 aromatic rings. The molecule has 0 aliphatic carbocycles. The summed E-state index contributed by atoms with van der Waals surface area (Å²) in [4.78, 5) is 0. The van der Waals surface area contributed by atoms with Gasteiger partial charge in [-0.15, -0.1) is 0 Å². The molecule has 2 rings (SSSR count). The van der Waals surface area contributed by atoms with E-state index in [2.05, 4.69) is 0 Å². The second-order valence-electron chi connectivity index (χ2n) is 4.11. The van der Waals surface area contributed by atoms with Crippen LogP contribution in [0, 0.1) is 0 Å². The van der Waals surface area contributed by atoms with Crippen molar-refractivity contribution in [2.24, 2.45) is 0 Å². The highest BCUT2D eigenvalue weighted by Crippen LogP contribution is 2.35. The van der Waals surface area contributed by atoms with Crippen LogP contribution in [0.15, 0.2) is 42.5 Å². The Hall–Kier alpha value is -2.20. The van der Waals surface area contributed by atoms with E-state index in [4.69, 9.17) is 15.2 Å². The van der Waals surface area contributed by atoms with E-state index < -0.39 is 6.10 Å². The van der Waals surface area contributed by atoms with Crippen LogP contribution in [-0.2, 0) is 0 Å². The Morgan fingerprint density at radius 3 is 2.16 bits per heavy atom. The van der Waals surface area contributed by atoms with Gasteiger partial charge in [-0.2, -0.15) is 0 Å². The number of para-hydroxylation sites is 2. The quantitative estimate of drug-likeness (QED) is 0.827. The minimum absolute atomic E-state index is 0.434. The first-order chi connectivity index (χ1) is 9.19. The number of aliphatic hydroxyl groups excluding tert-OH is 1. The number of aliphatic hydroxyl groups is 1. The predicted molar refractivity (Wildman–Crippen MR) is 74.5 cm³/mol. The van der Waals surface area contributed by atoms with Gasteiger partial charge in [0.25, 0.3) is 0 Å². The Kier molecular flexibility index (Phi) is 3.92. The molecule has 0 heterocycles. The number of ether oxygens (including phenoxy) is 2. The predicted octanol–water partition coefficient (Wildman–Crippen LogP) is 2.37. The zero-order valence-electron chi connectivity index (χ0n) is 11.0. The Balaban J connectivity index is 2.47. The summed E-state index contributed by atoms with van der Waals surface area (Å²) in [5.74, 6) is 1.17. The van der Waals surface area contributed by atoms with E-state index in [-0.39, 0.29) is 0 Å². The van der Waals surface area contributed by atoms with Gasteiger partial charge in [0.15, 0.2) is 0 Å². The summed E-state index contributed by atoms with van der Waals surface area (Å²) in [6, 6.07) is 12.6. The van der Waals surface area contributed by atoms with Crippen molar-refractivity contribution in [2.75, 3.05) is 20.0 Å². The summed E-state index contributed by atoms with van der Waals surface area (Å²) in [6.07, 6.45) is -0.855. The lowest BCUT2D eigenvalue weighted by Crippen LogP contribution is -2.06. The van der Waals surface area contributed by atoms with E-state index in [0.717, 1.165) is 0 Å². The van der Waals surface area contributed by atoms with Gasteiger partial charge in [-0.05, 0) is 12.1 Å². The molecule has 0 bridgehead atoms. The fourth-order valence-electron chi connectivity index (χ4n) is 2.04. The highest BCUT2D eigenvalue weighted by molar-refractivity contribution is 5.61. The van der Waals surface area contributed by atoms with E-state index in [1.165, 1.54) is 0 Å². The van der Waals surface area contributed by atoms with E-state index in [0.29, 0.717) is 28.3 Å². The average molecular weight is 259 g/mol. The number of hydrogen-bond donors (Lipinski definition) is 2. The van der Waals surface area contributed by atoms with Crippen molar-refractivity contribution in [3.05, 3.63) is 53.6 Å². The van der Waals surface area contributed by atoms with Crippen LogP contribution in [0.2, 0.25) is 0 Å². The molecule has 1 unspecified atom stereocenters. The lowest BCUT2D eigenvalue weighted by Gasteiger charge is -2.18. The zero-order chi connectivity index (χ0) is 13.8. The summed E-state index contributed by atoms with van der Waals surface area (Å²) in [5.41, 5.74) is 7.70. The number of hydrogen-bond acceptors (Lipinski definition) is 4. The first-order valence-electron chi connectivity index (χ1n) is 5.92. The first-order valence-corrected chi connectivity index (χ1v) is 5.92. The fourth-order valence-corrected chi connectivity index (χ4v) is 2.04. The van der Waals surface area contributed by atoms with Crippen LogP contribution in [0.25, 0.3) is 0 Å². The molecule has 4 nitrogen and oxygen atoms in total. The average Bonchev–Trinajstić information content (AvgIpc) is 2.46. The van der Waals surface area contributed by atoms with Gasteiger partial charge in [-0.1, -0.05) is 30.3 Å². The van der Waals surface area contributed by atoms with Crippen molar-refractivity contribution in [2.45, 2.75) is 6.10 Å². The van der Waals surface area contributed by atoms with Crippen molar-refractivity contribution in [1.82, 2.24) is 0 Å². The third-order valence-electron chi connectivity index (χ3n) is 3.05. The van der Waals surface area contributed by atoms with Crippen LogP contribution in [0.4, 0.5) is 5.69 Å². The van der Waals surface area contributed by atoms with Gasteiger partial charge in [0.05, 0.1) is 19.9 Å². The molecular formula is C15H17NO3. The Morgan fingerprint density at radius 2 is 1.47 bits per heavy atom. The highest BCUT2D eigenvalue weighted by atomic mass is 16.5. The Bertz CT molecular complexity index is 569. The molecule has 0 aromatic heterocycles. The molecule has 0 fully saturated rings. The molecule has 3 N–H and O–H groups in total. The van der Waals surface area contributed by atoms with Crippen LogP contribution < -0.4 is 15.2 Å². The number of methoxy groups -OCH3 is 2. The van der Waals surface area contributed by atoms with Crippen LogP contribution in [0.1, 0.15) is 17.2 Å². The Morgan fingerprint density at radius 1 is 0.895 bits per heavy atom. The summed E-state index contributed by atoms with van der Waals surface area (Å²) in [7, 11) is 3.12. The summed E-state index contributed by atoms with van der Waals surface area (Å²) in [5, 5.41) is 10.5. The fraction of sp³-hybridized carbons (Fsp3) is 0.200. The summed E-state index contributed by atoms with van der Waals surface area (Å²) < 4.78 is 10.4. The molecule has 0 aliphatic heterocycles. The first kappa shape index (κ1) is 13.2. The van der Waals surface area contributed by atoms with Crippen molar-refractivity contribution in [1.29, 1.82) is 0 Å². The van der Waals surface area contributed by atoms with E-state index >= 15 is 0 Å². The molecule has 0 amide bonds. The van der Waals surface area contributed by atoms with Gasteiger partial charge in [-0.3, -0.25) is 0 Å². The smallest absolute Gasteiger partial charge is 0.142 e. The second-order valence-corrected chi connectivity index (χ2v) is 4.11. The number of anilines is 1. The van der Waals surface area contributed by atoms with Gasteiger partial charge in [0.1, 0.15) is 17.6 Å². The maximum Gasteiger partial charge on any atom is 0.142 e. The van der Waals surface area contributed by atoms with Gasteiger partial charge >= 0.3 is 0 Å². The molecule has 2 aromatic carbocycles. The van der Waals surface area contributed by atoms with Crippen molar-refractivity contribution >= 4 is 5.69 Å². The number of nitrogen functional groups attached to an aromatic ring is 1. The molecule has 100 valence electrons. The maximum atomic E-state index is 10.5. The topological polar surface area (TPSA) is 64.7 Å². The zero-order valence-corrected chi connectivity index (χ0v) is 11.0. The second kappa shape index (κ2) is 5.63. The van der Waals surface area contributed by atoms with E-state index in [9.17, 15) is 5.11 Å². The van der Waals surface area contributed by atoms with Crippen molar-refractivity contribution < 1.29 is 14.6 Å². The maximum absolute atomic E-state index is 10.5. The minimum Gasteiger partial charge on any atom is -0.496 e. The Labute approximate surface area is 112 Å². The van der Waals surface area contributed by atoms with Crippen LogP contribution in [-0.4, -0.2) is 19.3 Å². The number of benzene rings is 2. The largest absolute Gasteiger partial charge is 0.496 e. The molecule has 0 radical (unpaired) electrons. The van der Waals surface area contributed by atoms with Crippen molar-refractivity contribution in [3.8, 4) is 11.5 Å². The minimum atomic E-state index is -0.855. The van der Waals surface area contributed by atoms with Gasteiger partial charge in [-0.25, -0.2) is 0 Å². The monoisotopic (exact) mass is 259 g/mol. The molecule has 19 heavy (non-hydrogen) atoms. The van der Waals surface area contributed by atoms with Crippen LogP contribution >= 0.6 is 0 Å². The number of rotatable bonds is 4.